The summed E-state index contributed by atoms with van der Waals surface area (Å²) in [6.07, 6.45) is 0. The molecule has 1 aromatic heterocycles. The molecule has 19 heavy (non-hydrogen) atoms. The Morgan fingerprint density at radius 3 is 2.53 bits per heavy atom. The third kappa shape index (κ3) is 2.91. The minimum atomic E-state index is -4.30. The summed E-state index contributed by atoms with van der Waals surface area (Å²) in [5, 5.41) is -0.673. The molecule has 8 heteroatoms. The summed E-state index contributed by atoms with van der Waals surface area (Å²) in [7, 11) is -4.30. The van der Waals surface area contributed by atoms with Crippen LogP contribution in [-0.4, -0.2) is 13.0 Å². The van der Waals surface area contributed by atoms with Crippen molar-refractivity contribution in [3.63, 3.8) is 0 Å². The van der Waals surface area contributed by atoms with Gasteiger partial charge in [0, 0.05) is 0 Å². The summed E-state index contributed by atoms with van der Waals surface area (Å²) in [6.45, 7) is 1.54. The minimum Gasteiger partial charge on any atom is -0.396 e. The Bertz CT molecular complexity index is 755. The molecule has 2 rings (SSSR count). The van der Waals surface area contributed by atoms with Crippen molar-refractivity contribution >= 4 is 22.7 Å². The van der Waals surface area contributed by atoms with Crippen molar-refractivity contribution in [2.45, 2.75) is 17.1 Å². The molecule has 0 saturated heterocycles. The highest BCUT2D eigenvalue weighted by atomic mass is 32.2. The van der Waals surface area contributed by atoms with Gasteiger partial charge in [-0.25, -0.2) is 4.79 Å². The van der Waals surface area contributed by atoms with Gasteiger partial charge >= 0.3 is 5.82 Å². The number of thiol groups is 1. The lowest BCUT2D eigenvalue weighted by Crippen LogP contribution is -2.01. The number of rotatable bonds is 3. The normalized spacial score (nSPS) is 13.4. The Morgan fingerprint density at radius 1 is 1.32 bits per heavy atom. The molecule has 1 unspecified atom stereocenters. The maximum atomic E-state index is 11.1. The topological polar surface area (TPSA) is 97.7 Å². The number of hydrogen-bond donors (Lipinski definition) is 2. The first-order chi connectivity index (χ1) is 8.79. The van der Waals surface area contributed by atoms with Crippen LogP contribution in [0.15, 0.2) is 42.8 Å². The van der Waals surface area contributed by atoms with E-state index in [0.29, 0.717) is 5.56 Å². The number of hydrogen-bond acceptors (Lipinski definition) is 6. The molecule has 0 aliphatic heterocycles. The number of aryl methyl sites for hydroxylation is 1. The third-order valence-corrected chi connectivity index (χ3v) is 3.88. The molecular formula is C11H10O6S2. The standard InChI is InChI=1S/C11H10O6S2/c1-6-9(17-11(12)16-6)10(18)7-3-2-4-8(5-7)19(13,14)15/h2-5,10,18H,1H3,(H,13,14,15). The quantitative estimate of drug-likeness (QED) is 0.663. The van der Waals surface area contributed by atoms with Crippen LogP contribution in [0.1, 0.15) is 22.3 Å². The Morgan fingerprint density at radius 2 is 2.00 bits per heavy atom. The molecular weight excluding hydrogens is 292 g/mol. The summed E-state index contributed by atoms with van der Waals surface area (Å²) in [5.74, 6) is -0.388. The highest BCUT2D eigenvalue weighted by Gasteiger charge is 2.20. The average Bonchev–Trinajstić information content (AvgIpc) is 2.66. The molecule has 0 radical (unpaired) electrons. The van der Waals surface area contributed by atoms with Crippen molar-refractivity contribution < 1.29 is 21.8 Å². The van der Waals surface area contributed by atoms with Gasteiger partial charge in [-0.15, -0.1) is 0 Å². The summed E-state index contributed by atoms with van der Waals surface area (Å²) in [4.78, 5) is 10.7. The highest BCUT2D eigenvalue weighted by Crippen LogP contribution is 2.31. The van der Waals surface area contributed by atoms with Crippen molar-refractivity contribution in [2.24, 2.45) is 0 Å². The van der Waals surface area contributed by atoms with Crippen LogP contribution in [0, 0.1) is 6.92 Å². The lowest BCUT2D eigenvalue weighted by Gasteiger charge is -2.09. The van der Waals surface area contributed by atoms with Crippen LogP contribution in [0.3, 0.4) is 0 Å². The highest BCUT2D eigenvalue weighted by molar-refractivity contribution is 7.85. The van der Waals surface area contributed by atoms with Gasteiger partial charge in [0.05, 0.1) is 10.1 Å². The monoisotopic (exact) mass is 302 g/mol. The van der Waals surface area contributed by atoms with Gasteiger partial charge in [0.25, 0.3) is 10.1 Å². The lowest BCUT2D eigenvalue weighted by atomic mass is 10.1. The molecule has 0 aliphatic rings. The fourth-order valence-corrected chi connectivity index (χ4v) is 2.53. The fraction of sp³-hybridized carbons (Fsp3) is 0.182. The van der Waals surface area contributed by atoms with Gasteiger partial charge in [-0.3, -0.25) is 4.55 Å². The SMILES string of the molecule is Cc1oc(=O)oc1C(S)c1cccc(S(=O)(=O)O)c1. The smallest absolute Gasteiger partial charge is 0.396 e. The number of benzene rings is 1. The van der Waals surface area contributed by atoms with Crippen molar-refractivity contribution in [3.8, 4) is 0 Å². The lowest BCUT2D eigenvalue weighted by molar-refractivity contribution is 0.370. The Hall–Kier alpha value is -1.51. The van der Waals surface area contributed by atoms with Crippen LogP contribution >= 0.6 is 12.6 Å². The minimum absolute atomic E-state index is 0.195. The summed E-state index contributed by atoms with van der Waals surface area (Å²) >= 11 is 4.27. The van der Waals surface area contributed by atoms with E-state index < -0.39 is 21.2 Å². The van der Waals surface area contributed by atoms with E-state index in [1.54, 1.807) is 6.07 Å². The van der Waals surface area contributed by atoms with Gasteiger partial charge < -0.3 is 8.83 Å². The van der Waals surface area contributed by atoms with Crippen molar-refractivity contribution in [2.75, 3.05) is 0 Å². The Labute approximate surface area is 114 Å². The maximum absolute atomic E-state index is 11.1. The second-order valence-electron chi connectivity index (χ2n) is 3.82. The zero-order chi connectivity index (χ0) is 14.2. The summed E-state index contributed by atoms with van der Waals surface area (Å²) < 4.78 is 40.6. The van der Waals surface area contributed by atoms with E-state index in [-0.39, 0.29) is 16.4 Å². The van der Waals surface area contributed by atoms with E-state index in [0.717, 1.165) is 0 Å². The summed E-state index contributed by atoms with van der Waals surface area (Å²) in [6, 6.07) is 5.55. The predicted octanol–water partition coefficient (Wildman–Crippen LogP) is 1.81. The van der Waals surface area contributed by atoms with Crippen LogP contribution in [-0.2, 0) is 10.1 Å². The molecule has 0 amide bonds. The van der Waals surface area contributed by atoms with E-state index in [1.807, 2.05) is 0 Å². The van der Waals surface area contributed by atoms with E-state index in [9.17, 15) is 13.2 Å². The second-order valence-corrected chi connectivity index (χ2v) is 5.76. The zero-order valence-corrected chi connectivity index (χ0v) is 11.4. The first-order valence-electron chi connectivity index (χ1n) is 5.15. The first-order valence-corrected chi connectivity index (χ1v) is 7.10. The molecule has 0 fully saturated rings. The van der Waals surface area contributed by atoms with Crippen LogP contribution < -0.4 is 5.82 Å². The van der Waals surface area contributed by atoms with E-state index in [2.05, 4.69) is 12.6 Å². The van der Waals surface area contributed by atoms with Crippen molar-refractivity contribution in [3.05, 3.63) is 52.0 Å². The van der Waals surface area contributed by atoms with E-state index in [4.69, 9.17) is 13.4 Å². The van der Waals surface area contributed by atoms with Gasteiger partial charge in [-0.1, -0.05) is 12.1 Å². The van der Waals surface area contributed by atoms with Gasteiger partial charge in [0.1, 0.15) is 5.76 Å². The zero-order valence-electron chi connectivity index (χ0n) is 9.73. The molecule has 1 aromatic carbocycles. The van der Waals surface area contributed by atoms with Crippen molar-refractivity contribution in [1.82, 2.24) is 0 Å². The molecule has 1 heterocycles. The molecule has 0 spiro atoms. The Balaban J connectivity index is 2.48. The van der Waals surface area contributed by atoms with Gasteiger partial charge in [-0.2, -0.15) is 21.0 Å². The van der Waals surface area contributed by atoms with Crippen LogP contribution in [0.5, 0.6) is 0 Å². The third-order valence-electron chi connectivity index (χ3n) is 2.50. The van der Waals surface area contributed by atoms with Crippen molar-refractivity contribution in [1.29, 1.82) is 0 Å². The molecule has 0 bridgehead atoms. The molecule has 1 atom stereocenters. The largest absolute Gasteiger partial charge is 0.519 e. The molecule has 102 valence electrons. The first kappa shape index (κ1) is 13.9. The fourth-order valence-electron chi connectivity index (χ4n) is 1.60. The van der Waals surface area contributed by atoms with E-state index >= 15 is 0 Å². The molecule has 2 aromatic rings. The van der Waals surface area contributed by atoms with Gasteiger partial charge in [-0.05, 0) is 24.6 Å². The molecule has 0 aliphatic carbocycles. The molecule has 0 saturated carbocycles. The van der Waals surface area contributed by atoms with Crippen LogP contribution in [0.25, 0.3) is 0 Å². The maximum Gasteiger partial charge on any atom is 0.519 e. The van der Waals surface area contributed by atoms with Gasteiger partial charge in [0.2, 0.25) is 0 Å². The van der Waals surface area contributed by atoms with Crippen LogP contribution in [0.2, 0.25) is 0 Å². The Kier molecular flexibility index (Phi) is 3.57. The van der Waals surface area contributed by atoms with Gasteiger partial charge in [0.15, 0.2) is 5.76 Å². The van der Waals surface area contributed by atoms with E-state index in [1.165, 1.54) is 25.1 Å². The predicted molar refractivity (Wildman–Crippen MR) is 69.1 cm³/mol. The second kappa shape index (κ2) is 4.87. The average molecular weight is 302 g/mol. The van der Waals surface area contributed by atoms with Crippen LogP contribution in [0.4, 0.5) is 0 Å². The summed E-state index contributed by atoms with van der Waals surface area (Å²) in [5.41, 5.74) is 0.450. The molecule has 1 N–H and O–H groups in total. The molecule has 6 nitrogen and oxygen atoms in total.